The molecule has 0 aliphatic heterocycles. The Balaban J connectivity index is 0.990. The summed E-state index contributed by atoms with van der Waals surface area (Å²) < 4.78 is 0. The first-order valence-corrected chi connectivity index (χ1v) is 22.8. The fourth-order valence-electron chi connectivity index (χ4n) is 10.4. The minimum Gasteiger partial charge on any atom is -0.247 e. The molecule has 13 rings (SSSR count). The van der Waals surface area contributed by atoms with E-state index < -0.39 is 0 Å². The third-order valence-corrected chi connectivity index (χ3v) is 13.6. The van der Waals surface area contributed by atoms with Gasteiger partial charge in [-0.05, 0) is 128 Å². The zero-order valence-corrected chi connectivity index (χ0v) is 36.1. The van der Waals surface area contributed by atoms with Crippen LogP contribution in [0.4, 0.5) is 0 Å². The molecule has 0 saturated heterocycles. The maximum absolute atomic E-state index is 5.54. The van der Waals surface area contributed by atoms with Gasteiger partial charge in [0.2, 0.25) is 0 Å². The topological polar surface area (TPSA) is 12.9 Å². The van der Waals surface area contributed by atoms with Gasteiger partial charge >= 0.3 is 0 Å². The highest BCUT2D eigenvalue weighted by Gasteiger charge is 2.20. The number of fused-ring (bicyclic) bond motifs is 6. The van der Waals surface area contributed by atoms with Crippen LogP contribution < -0.4 is 0 Å². The molecule has 0 atom stereocenters. The second-order valence-corrected chi connectivity index (χ2v) is 17.4. The second kappa shape index (κ2) is 15.6. The van der Waals surface area contributed by atoms with Crippen molar-refractivity contribution in [2.24, 2.45) is 0 Å². The third kappa shape index (κ3) is 6.36. The second-order valence-electron chi connectivity index (χ2n) is 17.4. The summed E-state index contributed by atoms with van der Waals surface area (Å²) in [6, 6.07) is 91.0. The van der Waals surface area contributed by atoms with E-state index >= 15 is 0 Å². The van der Waals surface area contributed by atoms with Gasteiger partial charge in [-0.15, -0.1) is 0 Å². The summed E-state index contributed by atoms with van der Waals surface area (Å²) in [6.45, 7) is 0. The summed E-state index contributed by atoms with van der Waals surface area (Å²) >= 11 is 0. The van der Waals surface area contributed by atoms with E-state index in [9.17, 15) is 0 Å². The van der Waals surface area contributed by atoms with Crippen molar-refractivity contribution in [1.82, 2.24) is 4.98 Å². The maximum Gasteiger partial charge on any atom is 0.0794 e. The van der Waals surface area contributed by atoms with Crippen LogP contribution in [-0.2, 0) is 0 Å². The van der Waals surface area contributed by atoms with Gasteiger partial charge < -0.3 is 0 Å². The zero-order chi connectivity index (χ0) is 43.6. The van der Waals surface area contributed by atoms with Gasteiger partial charge in [0, 0.05) is 16.7 Å². The van der Waals surface area contributed by atoms with Gasteiger partial charge in [0.25, 0.3) is 0 Å². The van der Waals surface area contributed by atoms with E-state index in [1.54, 1.807) is 0 Å². The predicted octanol–water partition coefficient (Wildman–Crippen LogP) is 18.0. The summed E-state index contributed by atoms with van der Waals surface area (Å²) in [4.78, 5) is 5.54. The molecule has 13 aromatic rings. The molecule has 0 radical (unpaired) electrons. The average Bonchev–Trinajstić information content (AvgIpc) is 3.39. The SMILES string of the molecule is c1ccc2cc(-c3c4ccccc4c(-c4ccc5ccccc5c4)c4cc(-c5ccc(-c6ccc(-c7cccc8ccccc78)nc6-c6cccc7ccccc67)cc5)ccc34)ccc2c1. The van der Waals surface area contributed by atoms with Crippen LogP contribution in [0.5, 0.6) is 0 Å². The van der Waals surface area contributed by atoms with E-state index in [-0.39, 0.29) is 0 Å². The van der Waals surface area contributed by atoms with Crippen LogP contribution in [0.15, 0.2) is 249 Å². The Morgan fingerprint density at radius 3 is 1.27 bits per heavy atom. The smallest absolute Gasteiger partial charge is 0.0794 e. The third-order valence-electron chi connectivity index (χ3n) is 13.6. The molecule has 1 nitrogen and oxygen atoms in total. The highest BCUT2D eigenvalue weighted by molar-refractivity contribution is 6.22. The molecule has 0 fully saturated rings. The first-order chi connectivity index (χ1) is 32.7. The molecule has 0 bridgehead atoms. The summed E-state index contributed by atoms with van der Waals surface area (Å²) in [6.07, 6.45) is 0. The van der Waals surface area contributed by atoms with Gasteiger partial charge in [0.15, 0.2) is 0 Å². The first-order valence-electron chi connectivity index (χ1n) is 22.8. The predicted molar refractivity (Wildman–Crippen MR) is 282 cm³/mol. The van der Waals surface area contributed by atoms with E-state index in [2.05, 4.69) is 249 Å². The molecule has 306 valence electrons. The molecular weight excluding hydrogens is 795 g/mol. The van der Waals surface area contributed by atoms with Crippen LogP contribution >= 0.6 is 0 Å². The molecule has 0 aliphatic rings. The first kappa shape index (κ1) is 37.9. The normalized spacial score (nSPS) is 11.6. The highest BCUT2D eigenvalue weighted by Crippen LogP contribution is 2.46. The van der Waals surface area contributed by atoms with E-state index in [1.807, 2.05) is 0 Å². The van der Waals surface area contributed by atoms with Gasteiger partial charge in [-0.1, -0.05) is 224 Å². The van der Waals surface area contributed by atoms with Crippen molar-refractivity contribution in [2.45, 2.75) is 0 Å². The van der Waals surface area contributed by atoms with Crippen LogP contribution in [0, 0.1) is 0 Å². The van der Waals surface area contributed by atoms with Crippen molar-refractivity contribution in [3.63, 3.8) is 0 Å². The molecule has 1 heteroatoms. The quantitative estimate of drug-likeness (QED) is 0.152. The number of rotatable bonds is 6. The number of pyridine rings is 1. The molecule has 0 spiro atoms. The summed E-state index contributed by atoms with van der Waals surface area (Å²) in [5.74, 6) is 0. The number of hydrogen-bond donors (Lipinski definition) is 0. The summed E-state index contributed by atoms with van der Waals surface area (Å²) in [5.41, 5.74) is 13.7. The monoisotopic (exact) mass is 835 g/mol. The largest absolute Gasteiger partial charge is 0.247 e. The lowest BCUT2D eigenvalue weighted by Crippen LogP contribution is -1.94. The van der Waals surface area contributed by atoms with Crippen LogP contribution in [0.2, 0.25) is 0 Å². The van der Waals surface area contributed by atoms with Gasteiger partial charge in [-0.2, -0.15) is 0 Å². The van der Waals surface area contributed by atoms with Crippen molar-refractivity contribution in [3.8, 4) is 67.0 Å². The minimum atomic E-state index is 0.962. The Hall–Kier alpha value is -8.65. The molecule has 12 aromatic carbocycles. The van der Waals surface area contributed by atoms with Crippen molar-refractivity contribution in [3.05, 3.63) is 249 Å². The number of nitrogens with zero attached hydrogens (tertiary/aromatic N) is 1. The van der Waals surface area contributed by atoms with E-state index in [0.29, 0.717) is 0 Å². The number of aromatic nitrogens is 1. The van der Waals surface area contributed by atoms with Crippen molar-refractivity contribution in [1.29, 1.82) is 0 Å². The summed E-state index contributed by atoms with van der Waals surface area (Å²) in [5, 5.41) is 14.7. The highest BCUT2D eigenvalue weighted by atomic mass is 14.7. The number of hydrogen-bond acceptors (Lipinski definition) is 1. The van der Waals surface area contributed by atoms with Gasteiger partial charge in [-0.3, -0.25) is 0 Å². The van der Waals surface area contributed by atoms with Crippen LogP contribution in [0.1, 0.15) is 0 Å². The molecule has 0 amide bonds. The van der Waals surface area contributed by atoms with Gasteiger partial charge in [0.05, 0.1) is 11.4 Å². The Morgan fingerprint density at radius 1 is 0.212 bits per heavy atom. The van der Waals surface area contributed by atoms with E-state index in [1.165, 1.54) is 92.5 Å². The number of benzene rings is 12. The van der Waals surface area contributed by atoms with Crippen molar-refractivity contribution < 1.29 is 0 Å². The lowest BCUT2D eigenvalue weighted by Gasteiger charge is -2.19. The molecule has 0 N–H and O–H groups in total. The van der Waals surface area contributed by atoms with Crippen LogP contribution in [0.25, 0.3) is 132 Å². The lowest BCUT2D eigenvalue weighted by molar-refractivity contribution is 1.33. The Bertz CT molecular complexity index is 4040. The van der Waals surface area contributed by atoms with E-state index in [0.717, 1.165) is 39.2 Å². The Labute approximate surface area is 383 Å². The maximum atomic E-state index is 5.54. The minimum absolute atomic E-state index is 0.962. The summed E-state index contributed by atoms with van der Waals surface area (Å²) in [7, 11) is 0. The fraction of sp³-hybridized carbons (Fsp3) is 0. The van der Waals surface area contributed by atoms with Gasteiger partial charge in [0.1, 0.15) is 0 Å². The Kier molecular flexibility index (Phi) is 8.92. The molecule has 1 aromatic heterocycles. The molecule has 1 heterocycles. The van der Waals surface area contributed by atoms with Crippen LogP contribution in [0.3, 0.4) is 0 Å². The molecular formula is C65H41N. The van der Waals surface area contributed by atoms with Crippen molar-refractivity contribution in [2.75, 3.05) is 0 Å². The van der Waals surface area contributed by atoms with Crippen LogP contribution in [-0.4, -0.2) is 4.98 Å². The standard InChI is InChI=1S/C65H41N/c1-3-17-48-39-51(33-29-42(48)13-1)63-57-23-9-10-24-58(57)64(52-34-30-43-14-2-4-18-49(43)40-52)61-41-50(35-36-59(61)63)44-27-31-47(32-28-44)55-37-38-62(56-25-11-19-45-15-5-7-21-53(45)56)66-65(55)60-26-12-20-46-16-6-8-22-54(46)60/h1-41H. The van der Waals surface area contributed by atoms with Gasteiger partial charge in [-0.25, -0.2) is 4.98 Å². The Morgan fingerprint density at radius 2 is 0.652 bits per heavy atom. The fourth-order valence-corrected chi connectivity index (χ4v) is 10.4. The molecule has 0 saturated carbocycles. The molecule has 0 unspecified atom stereocenters. The lowest BCUT2D eigenvalue weighted by atomic mass is 9.84. The average molecular weight is 836 g/mol. The molecule has 66 heavy (non-hydrogen) atoms. The van der Waals surface area contributed by atoms with E-state index in [4.69, 9.17) is 4.98 Å². The zero-order valence-electron chi connectivity index (χ0n) is 36.1. The van der Waals surface area contributed by atoms with Crippen molar-refractivity contribution >= 4 is 64.6 Å². The molecule has 0 aliphatic carbocycles.